The first kappa shape index (κ1) is 11.0. The average molecular weight is 260 g/mol. The Kier molecular flexibility index (Phi) is 3.88. The van der Waals surface area contributed by atoms with E-state index in [9.17, 15) is 10.1 Å². The van der Waals surface area contributed by atoms with Gasteiger partial charge < -0.3 is 4.74 Å². The molecule has 0 amide bonds. The number of hydrogen-bond acceptors (Lipinski definition) is 3. The van der Waals surface area contributed by atoms with Crippen molar-refractivity contribution in [2.24, 2.45) is 0 Å². The van der Waals surface area contributed by atoms with Crippen LogP contribution in [0.15, 0.2) is 22.7 Å². The number of ether oxygens (including phenoxy) is 1. The van der Waals surface area contributed by atoms with Gasteiger partial charge in [0.1, 0.15) is 5.75 Å². The molecule has 0 saturated carbocycles. The predicted octanol–water partition coefficient (Wildman–Crippen LogP) is 2.28. The highest BCUT2D eigenvalue weighted by molar-refractivity contribution is 9.10. The van der Waals surface area contributed by atoms with Crippen LogP contribution < -0.4 is 4.74 Å². The number of halogens is 1. The maximum absolute atomic E-state index is 10.2. The lowest BCUT2D eigenvalue weighted by molar-refractivity contribution is -0.479. The molecule has 0 aromatic heterocycles. The van der Waals surface area contributed by atoms with Crippen molar-refractivity contribution in [3.05, 3.63) is 38.3 Å². The van der Waals surface area contributed by atoms with Gasteiger partial charge in [0.15, 0.2) is 0 Å². The molecule has 14 heavy (non-hydrogen) atoms. The van der Waals surface area contributed by atoms with Gasteiger partial charge in [0.25, 0.3) is 0 Å². The van der Waals surface area contributed by atoms with Crippen LogP contribution in [0.4, 0.5) is 0 Å². The van der Waals surface area contributed by atoms with E-state index in [0.29, 0.717) is 12.2 Å². The van der Waals surface area contributed by atoms with Gasteiger partial charge in [-0.1, -0.05) is 15.9 Å². The molecule has 0 radical (unpaired) electrons. The minimum atomic E-state index is -0.333. The minimum Gasteiger partial charge on any atom is -0.496 e. The van der Waals surface area contributed by atoms with Gasteiger partial charge in [0.05, 0.1) is 7.11 Å². The van der Waals surface area contributed by atoms with Crippen molar-refractivity contribution in [1.82, 2.24) is 0 Å². The van der Waals surface area contributed by atoms with Crippen molar-refractivity contribution in [3.8, 4) is 5.75 Å². The third-order valence-electron chi connectivity index (χ3n) is 1.81. The summed E-state index contributed by atoms with van der Waals surface area (Å²) in [6.45, 7) is -0.0766. The van der Waals surface area contributed by atoms with E-state index in [4.69, 9.17) is 4.74 Å². The van der Waals surface area contributed by atoms with Crippen LogP contribution >= 0.6 is 15.9 Å². The summed E-state index contributed by atoms with van der Waals surface area (Å²) in [5, 5.41) is 10.2. The molecule has 0 aliphatic rings. The Morgan fingerprint density at radius 3 is 2.86 bits per heavy atom. The first-order chi connectivity index (χ1) is 6.63. The number of hydrogen-bond donors (Lipinski definition) is 0. The summed E-state index contributed by atoms with van der Waals surface area (Å²) in [6, 6.07) is 5.47. The van der Waals surface area contributed by atoms with E-state index in [1.807, 2.05) is 12.1 Å². The molecule has 1 rings (SSSR count). The fourth-order valence-electron chi connectivity index (χ4n) is 1.15. The molecule has 0 heterocycles. The van der Waals surface area contributed by atoms with Crippen LogP contribution in [0.5, 0.6) is 5.75 Å². The zero-order chi connectivity index (χ0) is 10.6. The Hall–Kier alpha value is -1.10. The quantitative estimate of drug-likeness (QED) is 0.616. The number of rotatable bonds is 4. The molecule has 0 unspecified atom stereocenters. The zero-order valence-corrected chi connectivity index (χ0v) is 9.28. The molecule has 0 aliphatic carbocycles. The Labute approximate surface area is 90.2 Å². The second-order valence-electron chi connectivity index (χ2n) is 2.76. The molecular weight excluding hydrogens is 250 g/mol. The third kappa shape index (κ3) is 2.99. The van der Waals surface area contributed by atoms with Crippen LogP contribution in [0.1, 0.15) is 5.56 Å². The number of nitrogens with zero attached hydrogens (tertiary/aromatic N) is 1. The van der Waals surface area contributed by atoms with Crippen molar-refractivity contribution >= 4 is 15.9 Å². The summed E-state index contributed by atoms with van der Waals surface area (Å²) in [6.07, 6.45) is 0.385. The van der Waals surface area contributed by atoms with Gasteiger partial charge in [0.2, 0.25) is 6.54 Å². The zero-order valence-electron chi connectivity index (χ0n) is 7.70. The molecule has 1 aromatic carbocycles. The van der Waals surface area contributed by atoms with Crippen molar-refractivity contribution in [1.29, 1.82) is 0 Å². The Morgan fingerprint density at radius 1 is 1.57 bits per heavy atom. The van der Waals surface area contributed by atoms with E-state index in [1.54, 1.807) is 13.2 Å². The molecule has 1 aromatic rings. The molecule has 0 aliphatic heterocycles. The Morgan fingerprint density at radius 2 is 2.29 bits per heavy atom. The number of methoxy groups -OCH3 is 1. The van der Waals surface area contributed by atoms with Gasteiger partial charge in [-0.15, -0.1) is 0 Å². The molecule has 76 valence electrons. The second kappa shape index (κ2) is 4.95. The molecule has 5 heteroatoms. The standard InChI is InChI=1S/C9H10BrNO3/c1-14-9-3-2-8(10)6-7(9)4-5-11(12)13/h2-3,6H,4-5H2,1H3. The van der Waals surface area contributed by atoms with Crippen LogP contribution in [0.25, 0.3) is 0 Å². The Bertz CT molecular complexity index is 341. The fraction of sp³-hybridized carbons (Fsp3) is 0.333. The molecule has 4 nitrogen and oxygen atoms in total. The molecule has 0 atom stereocenters. The normalized spacial score (nSPS) is 9.86. The van der Waals surface area contributed by atoms with Gasteiger partial charge in [0, 0.05) is 21.4 Å². The van der Waals surface area contributed by atoms with Crippen LogP contribution in [0.2, 0.25) is 0 Å². The van der Waals surface area contributed by atoms with Gasteiger partial charge in [-0.3, -0.25) is 10.1 Å². The largest absolute Gasteiger partial charge is 0.496 e. The van der Waals surface area contributed by atoms with Crippen molar-refractivity contribution in [2.45, 2.75) is 6.42 Å². The van der Waals surface area contributed by atoms with Gasteiger partial charge in [-0.25, -0.2) is 0 Å². The lowest BCUT2D eigenvalue weighted by Crippen LogP contribution is -2.05. The molecule has 0 fully saturated rings. The van der Waals surface area contributed by atoms with E-state index in [2.05, 4.69) is 15.9 Å². The molecule has 0 saturated heterocycles. The van der Waals surface area contributed by atoms with Gasteiger partial charge in [-0.2, -0.15) is 0 Å². The van der Waals surface area contributed by atoms with Crippen LogP contribution in [0.3, 0.4) is 0 Å². The molecule has 0 bridgehead atoms. The summed E-state index contributed by atoms with van der Waals surface area (Å²) in [5.41, 5.74) is 0.846. The third-order valence-corrected chi connectivity index (χ3v) is 2.30. The van der Waals surface area contributed by atoms with E-state index in [0.717, 1.165) is 10.0 Å². The minimum absolute atomic E-state index is 0.0766. The van der Waals surface area contributed by atoms with Crippen LogP contribution in [-0.2, 0) is 6.42 Å². The highest BCUT2D eigenvalue weighted by Gasteiger charge is 2.06. The smallest absolute Gasteiger partial charge is 0.208 e. The summed E-state index contributed by atoms with van der Waals surface area (Å²) in [5.74, 6) is 0.690. The second-order valence-corrected chi connectivity index (χ2v) is 3.68. The van der Waals surface area contributed by atoms with E-state index in [-0.39, 0.29) is 11.5 Å². The average Bonchev–Trinajstić information content (AvgIpc) is 2.15. The first-order valence-electron chi connectivity index (χ1n) is 4.07. The molecular formula is C9H10BrNO3. The maximum atomic E-state index is 10.2. The first-order valence-corrected chi connectivity index (χ1v) is 4.87. The monoisotopic (exact) mass is 259 g/mol. The number of benzene rings is 1. The lowest BCUT2D eigenvalue weighted by Gasteiger charge is -2.06. The topological polar surface area (TPSA) is 52.4 Å². The number of nitro groups is 1. The van der Waals surface area contributed by atoms with E-state index >= 15 is 0 Å². The summed E-state index contributed by atoms with van der Waals surface area (Å²) in [7, 11) is 1.55. The fourth-order valence-corrected chi connectivity index (χ4v) is 1.56. The highest BCUT2D eigenvalue weighted by Crippen LogP contribution is 2.23. The van der Waals surface area contributed by atoms with Crippen molar-refractivity contribution < 1.29 is 9.66 Å². The predicted molar refractivity (Wildman–Crippen MR) is 56.3 cm³/mol. The molecule has 0 N–H and O–H groups in total. The van der Waals surface area contributed by atoms with Gasteiger partial charge >= 0.3 is 0 Å². The Balaban J connectivity index is 2.82. The van der Waals surface area contributed by atoms with E-state index in [1.165, 1.54) is 0 Å². The van der Waals surface area contributed by atoms with Crippen LogP contribution in [-0.4, -0.2) is 18.6 Å². The lowest BCUT2D eigenvalue weighted by atomic mass is 10.1. The van der Waals surface area contributed by atoms with Crippen molar-refractivity contribution in [3.63, 3.8) is 0 Å². The summed E-state index contributed by atoms with van der Waals surface area (Å²) < 4.78 is 5.99. The summed E-state index contributed by atoms with van der Waals surface area (Å²) >= 11 is 3.31. The van der Waals surface area contributed by atoms with Crippen LogP contribution in [0, 0.1) is 10.1 Å². The van der Waals surface area contributed by atoms with E-state index < -0.39 is 0 Å². The summed E-state index contributed by atoms with van der Waals surface area (Å²) in [4.78, 5) is 9.88. The van der Waals surface area contributed by atoms with Crippen molar-refractivity contribution in [2.75, 3.05) is 13.7 Å². The molecule has 0 spiro atoms. The highest BCUT2D eigenvalue weighted by atomic mass is 79.9. The van der Waals surface area contributed by atoms with Gasteiger partial charge in [-0.05, 0) is 18.2 Å². The maximum Gasteiger partial charge on any atom is 0.208 e. The SMILES string of the molecule is COc1ccc(Br)cc1CC[N+](=O)[O-].